The van der Waals surface area contributed by atoms with E-state index in [-0.39, 0.29) is 0 Å². The summed E-state index contributed by atoms with van der Waals surface area (Å²) in [4.78, 5) is 6.19. The molecule has 21 heavy (non-hydrogen) atoms. The summed E-state index contributed by atoms with van der Waals surface area (Å²) in [5.41, 5.74) is 3.02. The van der Waals surface area contributed by atoms with Gasteiger partial charge >= 0.3 is 0 Å². The minimum Gasteiger partial charge on any atom is -0.378 e. The highest BCUT2D eigenvalue weighted by Gasteiger charge is 2.10. The zero-order valence-corrected chi connectivity index (χ0v) is 12.6. The van der Waals surface area contributed by atoms with E-state index >= 15 is 0 Å². The van der Waals surface area contributed by atoms with Gasteiger partial charge in [-0.25, -0.2) is 0 Å². The summed E-state index contributed by atoms with van der Waals surface area (Å²) in [7, 11) is 4.03. The van der Waals surface area contributed by atoms with E-state index in [0.29, 0.717) is 4.77 Å². The summed E-state index contributed by atoms with van der Waals surface area (Å²) in [5, 5.41) is 7.16. The number of rotatable bonds is 3. The van der Waals surface area contributed by atoms with Crippen LogP contribution in [0, 0.1) is 4.77 Å². The second kappa shape index (κ2) is 5.49. The Morgan fingerprint density at radius 1 is 1.14 bits per heavy atom. The number of anilines is 1. The smallest absolute Gasteiger partial charge is 0.200 e. The van der Waals surface area contributed by atoms with E-state index in [1.54, 1.807) is 12.4 Å². The number of aromatic nitrogens is 4. The van der Waals surface area contributed by atoms with E-state index in [4.69, 9.17) is 12.2 Å². The quantitative estimate of drug-likeness (QED) is 0.755. The number of nitrogens with zero attached hydrogens (tertiary/aromatic N) is 4. The molecule has 0 unspecified atom stereocenters. The molecule has 0 amide bonds. The van der Waals surface area contributed by atoms with Crippen molar-refractivity contribution in [1.82, 2.24) is 19.7 Å². The molecule has 0 spiro atoms. The molecule has 3 rings (SSSR count). The first-order chi connectivity index (χ1) is 10.2. The molecule has 0 bridgehead atoms. The fourth-order valence-corrected chi connectivity index (χ4v) is 2.36. The molecule has 3 aromatic rings. The highest BCUT2D eigenvalue weighted by atomic mass is 32.1. The van der Waals surface area contributed by atoms with Gasteiger partial charge in [-0.1, -0.05) is 0 Å². The zero-order chi connectivity index (χ0) is 14.8. The number of nitrogens with one attached hydrogen (secondary N) is 1. The Bertz CT molecular complexity index is 787. The van der Waals surface area contributed by atoms with Crippen LogP contribution in [0.15, 0.2) is 48.8 Å². The summed E-state index contributed by atoms with van der Waals surface area (Å²) in [6.07, 6.45) is 3.51. The maximum Gasteiger partial charge on any atom is 0.200 e. The first kappa shape index (κ1) is 13.5. The first-order valence-electron chi connectivity index (χ1n) is 6.52. The molecule has 106 valence electrons. The number of pyridine rings is 1. The predicted octanol–water partition coefficient (Wildman–Crippen LogP) is 3.06. The van der Waals surface area contributed by atoms with Gasteiger partial charge in [0.05, 0.1) is 5.69 Å². The van der Waals surface area contributed by atoms with Crippen LogP contribution in [0.2, 0.25) is 0 Å². The van der Waals surface area contributed by atoms with E-state index < -0.39 is 0 Å². The van der Waals surface area contributed by atoms with Crippen LogP contribution in [0.3, 0.4) is 0 Å². The van der Waals surface area contributed by atoms with E-state index in [1.807, 2.05) is 42.9 Å². The summed E-state index contributed by atoms with van der Waals surface area (Å²) >= 11 is 5.35. The third-order valence-corrected chi connectivity index (χ3v) is 3.49. The molecule has 0 saturated heterocycles. The van der Waals surface area contributed by atoms with Crippen LogP contribution in [0.25, 0.3) is 17.1 Å². The van der Waals surface area contributed by atoms with Gasteiger partial charge in [0.25, 0.3) is 0 Å². The Morgan fingerprint density at radius 2 is 1.90 bits per heavy atom. The lowest BCUT2D eigenvalue weighted by Gasteiger charge is -2.13. The van der Waals surface area contributed by atoms with Gasteiger partial charge in [-0.2, -0.15) is 5.10 Å². The van der Waals surface area contributed by atoms with Gasteiger partial charge in [0, 0.05) is 37.7 Å². The van der Waals surface area contributed by atoms with Crippen LogP contribution >= 0.6 is 12.2 Å². The van der Waals surface area contributed by atoms with E-state index in [1.165, 1.54) is 0 Å². The Balaban J connectivity index is 2.11. The van der Waals surface area contributed by atoms with Crippen LogP contribution in [0.5, 0.6) is 0 Å². The summed E-state index contributed by atoms with van der Waals surface area (Å²) < 4.78 is 2.47. The van der Waals surface area contributed by atoms with Crippen molar-refractivity contribution in [2.75, 3.05) is 19.0 Å². The first-order valence-corrected chi connectivity index (χ1v) is 6.93. The minimum absolute atomic E-state index is 0.562. The highest BCUT2D eigenvalue weighted by molar-refractivity contribution is 7.71. The lowest BCUT2D eigenvalue weighted by molar-refractivity contribution is 1.03. The van der Waals surface area contributed by atoms with Crippen LogP contribution in [-0.4, -0.2) is 33.8 Å². The van der Waals surface area contributed by atoms with Crippen molar-refractivity contribution in [3.05, 3.63) is 53.6 Å². The lowest BCUT2D eigenvalue weighted by Crippen LogP contribution is -2.08. The maximum absolute atomic E-state index is 5.35. The molecular weight excluding hydrogens is 282 g/mol. The molecule has 1 N–H and O–H groups in total. The average molecular weight is 297 g/mol. The fraction of sp³-hybridized carbons (Fsp3) is 0.133. The van der Waals surface area contributed by atoms with Gasteiger partial charge in [0.2, 0.25) is 0 Å². The van der Waals surface area contributed by atoms with Crippen molar-refractivity contribution in [2.45, 2.75) is 0 Å². The van der Waals surface area contributed by atoms with Gasteiger partial charge in [0.15, 0.2) is 10.6 Å². The Labute approximate surface area is 127 Å². The van der Waals surface area contributed by atoms with Gasteiger partial charge < -0.3 is 4.90 Å². The van der Waals surface area contributed by atoms with Gasteiger partial charge in [-0.15, -0.1) is 0 Å². The zero-order valence-electron chi connectivity index (χ0n) is 11.8. The Kier molecular flexibility index (Phi) is 3.53. The van der Waals surface area contributed by atoms with Crippen LogP contribution < -0.4 is 4.90 Å². The number of benzene rings is 1. The van der Waals surface area contributed by atoms with Crippen molar-refractivity contribution in [3.63, 3.8) is 0 Å². The summed E-state index contributed by atoms with van der Waals surface area (Å²) in [5.74, 6) is 0.755. The molecule has 6 heteroatoms. The molecule has 0 saturated carbocycles. The Morgan fingerprint density at radius 3 is 2.52 bits per heavy atom. The maximum atomic E-state index is 5.35. The minimum atomic E-state index is 0.562. The fourth-order valence-electron chi connectivity index (χ4n) is 2.13. The number of H-pyrrole nitrogens is 1. The van der Waals surface area contributed by atoms with Crippen molar-refractivity contribution in [2.24, 2.45) is 0 Å². The normalized spacial score (nSPS) is 10.6. The van der Waals surface area contributed by atoms with Crippen molar-refractivity contribution in [1.29, 1.82) is 0 Å². The number of aromatic amines is 1. The largest absolute Gasteiger partial charge is 0.378 e. The third kappa shape index (κ3) is 2.57. The average Bonchev–Trinajstić information content (AvgIpc) is 2.90. The second-order valence-electron chi connectivity index (χ2n) is 4.84. The molecule has 1 aromatic carbocycles. The molecule has 2 heterocycles. The molecule has 0 radical (unpaired) electrons. The highest BCUT2D eigenvalue weighted by Crippen LogP contribution is 2.22. The molecule has 0 fully saturated rings. The van der Waals surface area contributed by atoms with Gasteiger partial charge in [-0.05, 0) is 48.6 Å². The van der Waals surface area contributed by atoms with Crippen LogP contribution in [-0.2, 0) is 0 Å². The Hall–Kier alpha value is -2.47. The molecule has 2 aromatic heterocycles. The van der Waals surface area contributed by atoms with Crippen LogP contribution in [0.4, 0.5) is 5.69 Å². The monoisotopic (exact) mass is 297 g/mol. The number of hydrogen-bond donors (Lipinski definition) is 1. The van der Waals surface area contributed by atoms with Crippen LogP contribution in [0.1, 0.15) is 0 Å². The van der Waals surface area contributed by atoms with Crippen molar-refractivity contribution in [3.8, 4) is 17.1 Å². The standard InChI is InChI=1S/C15H15N5S/c1-19(2)12-5-7-13(8-6-12)20-14(17-18-15(20)21)11-4-3-9-16-10-11/h3-10H,1-2H3,(H,18,21). The third-order valence-electron chi connectivity index (χ3n) is 3.22. The van der Waals surface area contributed by atoms with Gasteiger partial charge in [-0.3, -0.25) is 14.6 Å². The second-order valence-corrected chi connectivity index (χ2v) is 5.23. The van der Waals surface area contributed by atoms with E-state index in [2.05, 4.69) is 32.2 Å². The molecule has 0 aliphatic heterocycles. The molecule has 5 nitrogen and oxygen atoms in total. The molecular formula is C15H15N5S. The molecule has 0 aliphatic carbocycles. The SMILES string of the molecule is CN(C)c1ccc(-n2c(-c3cccnc3)n[nH]c2=S)cc1. The van der Waals surface area contributed by atoms with E-state index in [0.717, 1.165) is 22.8 Å². The molecule has 0 aliphatic rings. The number of hydrogen-bond acceptors (Lipinski definition) is 4. The van der Waals surface area contributed by atoms with Gasteiger partial charge in [0.1, 0.15) is 0 Å². The van der Waals surface area contributed by atoms with E-state index in [9.17, 15) is 0 Å². The lowest BCUT2D eigenvalue weighted by atomic mass is 10.2. The predicted molar refractivity (Wildman–Crippen MR) is 86.3 cm³/mol. The van der Waals surface area contributed by atoms with Crippen molar-refractivity contribution >= 4 is 17.9 Å². The topological polar surface area (TPSA) is 49.7 Å². The van der Waals surface area contributed by atoms with Crippen molar-refractivity contribution < 1.29 is 0 Å². The summed E-state index contributed by atoms with van der Waals surface area (Å²) in [6, 6.07) is 12.0. The summed E-state index contributed by atoms with van der Waals surface area (Å²) in [6.45, 7) is 0. The molecule has 0 atom stereocenters.